The third-order valence-electron chi connectivity index (χ3n) is 3.25. The van der Waals surface area contributed by atoms with Gasteiger partial charge in [0.2, 0.25) is 5.91 Å². The number of rotatable bonds is 6. The summed E-state index contributed by atoms with van der Waals surface area (Å²) >= 11 is 0. The molecule has 0 fully saturated rings. The van der Waals surface area contributed by atoms with Gasteiger partial charge in [0.05, 0.1) is 16.7 Å². The lowest BCUT2D eigenvalue weighted by molar-refractivity contribution is -0.384. The molecule has 1 aromatic carbocycles. The van der Waals surface area contributed by atoms with Crippen molar-refractivity contribution < 1.29 is 24.0 Å². The zero-order chi connectivity index (χ0) is 17.7. The SMILES string of the molecule is CC(NC(=O)c1ccoc1)C(=O)NCc1cc([N+](=O)[O-])ccc1O. The number of amides is 2. The summed E-state index contributed by atoms with van der Waals surface area (Å²) in [5.41, 5.74) is 0.287. The number of nitrogens with zero attached hydrogens (tertiary/aromatic N) is 1. The first kappa shape index (κ1) is 17.0. The van der Waals surface area contributed by atoms with Crippen LogP contribution in [0.4, 0.5) is 5.69 Å². The molecule has 0 saturated heterocycles. The molecule has 0 bridgehead atoms. The van der Waals surface area contributed by atoms with Gasteiger partial charge in [0, 0.05) is 24.2 Å². The second-order valence-electron chi connectivity index (χ2n) is 5.00. The summed E-state index contributed by atoms with van der Waals surface area (Å²) < 4.78 is 4.78. The molecule has 24 heavy (non-hydrogen) atoms. The Bertz CT molecular complexity index is 757. The molecule has 0 aliphatic rings. The molecule has 9 heteroatoms. The maximum Gasteiger partial charge on any atom is 0.270 e. The topological polar surface area (TPSA) is 135 Å². The number of hydrogen-bond donors (Lipinski definition) is 3. The Morgan fingerprint density at radius 2 is 2.12 bits per heavy atom. The van der Waals surface area contributed by atoms with E-state index in [2.05, 4.69) is 10.6 Å². The fourth-order valence-electron chi connectivity index (χ4n) is 1.90. The molecule has 1 heterocycles. The van der Waals surface area contributed by atoms with Crippen molar-refractivity contribution >= 4 is 17.5 Å². The third kappa shape index (κ3) is 4.09. The minimum absolute atomic E-state index is 0.113. The second kappa shape index (κ2) is 7.27. The van der Waals surface area contributed by atoms with Crippen LogP contribution in [0.2, 0.25) is 0 Å². The lowest BCUT2D eigenvalue weighted by atomic mass is 10.1. The Balaban J connectivity index is 1.94. The average Bonchev–Trinajstić information content (AvgIpc) is 3.08. The van der Waals surface area contributed by atoms with E-state index in [-0.39, 0.29) is 29.1 Å². The normalized spacial score (nSPS) is 11.5. The summed E-state index contributed by atoms with van der Waals surface area (Å²) in [5, 5.41) is 25.4. The quantitative estimate of drug-likeness (QED) is 0.539. The molecule has 1 aromatic heterocycles. The maximum absolute atomic E-state index is 12.0. The first-order chi connectivity index (χ1) is 11.4. The van der Waals surface area contributed by atoms with Crippen LogP contribution in [0.1, 0.15) is 22.8 Å². The number of aromatic hydroxyl groups is 1. The van der Waals surface area contributed by atoms with Gasteiger partial charge in [-0.05, 0) is 19.1 Å². The Morgan fingerprint density at radius 3 is 2.75 bits per heavy atom. The number of furan rings is 1. The van der Waals surface area contributed by atoms with E-state index in [9.17, 15) is 24.8 Å². The molecule has 0 radical (unpaired) electrons. The lowest BCUT2D eigenvalue weighted by Crippen LogP contribution is -2.44. The van der Waals surface area contributed by atoms with Crippen LogP contribution in [-0.2, 0) is 11.3 Å². The summed E-state index contributed by atoms with van der Waals surface area (Å²) in [5.74, 6) is -1.14. The van der Waals surface area contributed by atoms with Gasteiger partial charge in [-0.15, -0.1) is 0 Å². The Kier molecular flexibility index (Phi) is 5.15. The second-order valence-corrected chi connectivity index (χ2v) is 5.00. The zero-order valence-electron chi connectivity index (χ0n) is 12.7. The van der Waals surface area contributed by atoms with Crippen LogP contribution in [0.3, 0.4) is 0 Å². The van der Waals surface area contributed by atoms with E-state index in [1.165, 1.54) is 37.6 Å². The van der Waals surface area contributed by atoms with E-state index < -0.39 is 22.8 Å². The van der Waals surface area contributed by atoms with Crippen molar-refractivity contribution in [3.63, 3.8) is 0 Å². The number of phenols is 1. The molecule has 1 atom stereocenters. The van der Waals surface area contributed by atoms with Crippen LogP contribution >= 0.6 is 0 Å². The molecule has 1 unspecified atom stereocenters. The minimum atomic E-state index is -0.840. The predicted octanol–water partition coefficient (Wildman–Crippen LogP) is 1.33. The van der Waals surface area contributed by atoms with Crippen LogP contribution in [0.5, 0.6) is 5.75 Å². The highest BCUT2D eigenvalue weighted by atomic mass is 16.6. The Hall–Kier alpha value is -3.36. The number of non-ortho nitro benzene ring substituents is 1. The number of carbonyl (C=O) groups excluding carboxylic acids is 2. The van der Waals surface area contributed by atoms with Gasteiger partial charge in [0.1, 0.15) is 18.1 Å². The van der Waals surface area contributed by atoms with Gasteiger partial charge in [-0.2, -0.15) is 0 Å². The monoisotopic (exact) mass is 333 g/mol. The van der Waals surface area contributed by atoms with Crippen molar-refractivity contribution in [2.24, 2.45) is 0 Å². The smallest absolute Gasteiger partial charge is 0.270 e. The van der Waals surface area contributed by atoms with Crippen molar-refractivity contribution in [2.75, 3.05) is 0 Å². The largest absolute Gasteiger partial charge is 0.508 e. The Morgan fingerprint density at radius 1 is 1.38 bits per heavy atom. The van der Waals surface area contributed by atoms with Crippen molar-refractivity contribution in [1.29, 1.82) is 0 Å². The summed E-state index contributed by atoms with van der Waals surface area (Å²) in [6.07, 6.45) is 2.59. The van der Waals surface area contributed by atoms with Crippen LogP contribution < -0.4 is 10.6 Å². The molecule has 0 aliphatic carbocycles. The van der Waals surface area contributed by atoms with Gasteiger partial charge in [-0.3, -0.25) is 19.7 Å². The third-order valence-corrected chi connectivity index (χ3v) is 3.25. The van der Waals surface area contributed by atoms with Gasteiger partial charge in [-0.25, -0.2) is 0 Å². The minimum Gasteiger partial charge on any atom is -0.508 e. The number of carbonyl (C=O) groups is 2. The van der Waals surface area contributed by atoms with Gasteiger partial charge < -0.3 is 20.2 Å². The van der Waals surface area contributed by atoms with Crippen LogP contribution in [0.15, 0.2) is 41.2 Å². The van der Waals surface area contributed by atoms with Crippen molar-refractivity contribution in [2.45, 2.75) is 19.5 Å². The fraction of sp³-hybridized carbons (Fsp3) is 0.200. The number of nitrogens with one attached hydrogen (secondary N) is 2. The van der Waals surface area contributed by atoms with Crippen molar-refractivity contribution in [3.8, 4) is 5.75 Å². The highest BCUT2D eigenvalue weighted by Crippen LogP contribution is 2.22. The summed E-state index contributed by atoms with van der Waals surface area (Å²) in [6.45, 7) is 1.37. The van der Waals surface area contributed by atoms with E-state index in [0.717, 1.165) is 6.07 Å². The Labute approximate surface area is 136 Å². The van der Waals surface area contributed by atoms with Crippen LogP contribution in [-0.4, -0.2) is 27.9 Å². The van der Waals surface area contributed by atoms with E-state index in [1.807, 2.05) is 0 Å². The van der Waals surface area contributed by atoms with Gasteiger partial charge in [0.15, 0.2) is 0 Å². The number of benzene rings is 1. The van der Waals surface area contributed by atoms with Gasteiger partial charge in [0.25, 0.3) is 11.6 Å². The lowest BCUT2D eigenvalue weighted by Gasteiger charge is -2.14. The molecule has 0 spiro atoms. The average molecular weight is 333 g/mol. The van der Waals surface area contributed by atoms with Gasteiger partial charge >= 0.3 is 0 Å². The van der Waals surface area contributed by atoms with Crippen LogP contribution in [0, 0.1) is 10.1 Å². The highest BCUT2D eigenvalue weighted by molar-refractivity contribution is 5.97. The fourth-order valence-corrected chi connectivity index (χ4v) is 1.90. The predicted molar refractivity (Wildman–Crippen MR) is 82.2 cm³/mol. The molecular formula is C15H15N3O6. The molecule has 0 aliphatic heterocycles. The molecular weight excluding hydrogens is 318 g/mol. The number of nitro groups is 1. The number of hydrogen-bond acceptors (Lipinski definition) is 6. The van der Waals surface area contributed by atoms with E-state index in [4.69, 9.17) is 4.42 Å². The zero-order valence-corrected chi connectivity index (χ0v) is 12.7. The highest BCUT2D eigenvalue weighted by Gasteiger charge is 2.18. The molecule has 2 amide bonds. The van der Waals surface area contributed by atoms with E-state index in [1.54, 1.807) is 0 Å². The van der Waals surface area contributed by atoms with E-state index >= 15 is 0 Å². The summed E-state index contributed by atoms with van der Waals surface area (Å²) in [6, 6.07) is 4.14. The number of nitro benzene ring substituents is 1. The van der Waals surface area contributed by atoms with Gasteiger partial charge in [-0.1, -0.05) is 0 Å². The first-order valence-electron chi connectivity index (χ1n) is 6.95. The molecule has 126 valence electrons. The van der Waals surface area contributed by atoms with Crippen molar-refractivity contribution in [3.05, 3.63) is 58.0 Å². The maximum atomic E-state index is 12.0. The molecule has 2 aromatic rings. The first-order valence-corrected chi connectivity index (χ1v) is 6.95. The molecule has 3 N–H and O–H groups in total. The van der Waals surface area contributed by atoms with E-state index in [0.29, 0.717) is 0 Å². The van der Waals surface area contributed by atoms with Crippen LogP contribution in [0.25, 0.3) is 0 Å². The molecule has 0 saturated carbocycles. The molecule has 9 nitrogen and oxygen atoms in total. The summed E-state index contributed by atoms with van der Waals surface area (Å²) in [4.78, 5) is 33.9. The number of phenolic OH excluding ortho intramolecular Hbond substituents is 1. The van der Waals surface area contributed by atoms with Crippen molar-refractivity contribution in [1.82, 2.24) is 10.6 Å². The standard InChI is InChI=1S/C15H15N3O6/c1-9(17-15(21)10-4-5-24-8-10)14(20)16-7-11-6-12(18(22)23)2-3-13(11)19/h2-6,8-9,19H,7H2,1H3,(H,16,20)(H,17,21). The molecule has 2 rings (SSSR count). The summed E-state index contributed by atoms with van der Waals surface area (Å²) in [7, 11) is 0.